The Morgan fingerprint density at radius 3 is 2.66 bits per heavy atom. The molecule has 0 fully saturated rings. The summed E-state index contributed by atoms with van der Waals surface area (Å²) in [5.41, 5.74) is -0.220. The highest BCUT2D eigenvalue weighted by atomic mass is 35.5. The zero-order valence-electron chi connectivity index (χ0n) is 14.6. The summed E-state index contributed by atoms with van der Waals surface area (Å²) < 4.78 is 39.2. The molecule has 1 atom stereocenters. The lowest BCUT2D eigenvalue weighted by Crippen LogP contribution is -2.32. The number of nitrogens with one attached hydrogen (secondary N) is 3. The first kappa shape index (κ1) is 21.1. The zero-order valence-corrected chi connectivity index (χ0v) is 16.1. The van der Waals surface area contributed by atoms with E-state index < -0.39 is 23.7 Å². The molecule has 0 aliphatic carbocycles. The Kier molecular flexibility index (Phi) is 6.41. The Labute approximate surface area is 173 Å². The molecular weight excluding hydrogens is 430 g/mol. The number of alkyl halides is 3. The minimum absolute atomic E-state index is 0.232. The normalized spacial score (nSPS) is 12.6. The molecule has 29 heavy (non-hydrogen) atoms. The van der Waals surface area contributed by atoms with Gasteiger partial charge < -0.3 is 5.32 Å². The minimum atomic E-state index is -4.50. The van der Waals surface area contributed by atoms with Crippen LogP contribution in [0.2, 0.25) is 10.0 Å². The molecule has 2 aromatic carbocycles. The lowest BCUT2D eigenvalue weighted by molar-refractivity contribution is -0.137. The molecule has 1 heterocycles. The molecular formula is C18H14Cl2F3N5O. The van der Waals surface area contributed by atoms with E-state index in [1.54, 1.807) is 6.07 Å². The van der Waals surface area contributed by atoms with Crippen LogP contribution in [0.3, 0.4) is 0 Å². The first-order valence-corrected chi connectivity index (χ1v) is 9.00. The van der Waals surface area contributed by atoms with Gasteiger partial charge in [0.1, 0.15) is 12.2 Å². The van der Waals surface area contributed by atoms with Crippen molar-refractivity contribution in [2.24, 2.45) is 0 Å². The van der Waals surface area contributed by atoms with E-state index in [0.717, 1.165) is 12.1 Å². The Balaban J connectivity index is 1.77. The van der Waals surface area contributed by atoms with Crippen LogP contribution in [0.4, 0.5) is 18.9 Å². The van der Waals surface area contributed by atoms with Crippen LogP contribution >= 0.6 is 23.2 Å². The van der Waals surface area contributed by atoms with Gasteiger partial charge in [-0.3, -0.25) is 15.2 Å². The summed E-state index contributed by atoms with van der Waals surface area (Å²) in [5.74, 6) is -0.205. The average Bonchev–Trinajstić information content (AvgIpc) is 3.19. The quantitative estimate of drug-likeness (QED) is 0.525. The van der Waals surface area contributed by atoms with Crippen LogP contribution in [0.15, 0.2) is 48.8 Å². The van der Waals surface area contributed by atoms with E-state index in [4.69, 9.17) is 23.2 Å². The smallest absolute Gasteiger partial charge is 0.324 e. The van der Waals surface area contributed by atoms with Crippen LogP contribution in [-0.2, 0) is 11.0 Å². The van der Waals surface area contributed by atoms with Gasteiger partial charge in [0.25, 0.3) is 0 Å². The molecule has 152 valence electrons. The summed E-state index contributed by atoms with van der Waals surface area (Å²) >= 11 is 11.9. The van der Waals surface area contributed by atoms with Crippen molar-refractivity contribution in [3.63, 3.8) is 0 Å². The van der Waals surface area contributed by atoms with E-state index in [1.165, 1.54) is 30.6 Å². The lowest BCUT2D eigenvalue weighted by atomic mass is 10.0. The van der Waals surface area contributed by atoms with E-state index in [-0.39, 0.29) is 17.9 Å². The zero-order chi connectivity index (χ0) is 21.0. The molecule has 0 saturated carbocycles. The van der Waals surface area contributed by atoms with Gasteiger partial charge in [-0.15, -0.1) is 0 Å². The minimum Gasteiger partial charge on any atom is -0.324 e. The number of nitrogens with zero attached hydrogens (tertiary/aromatic N) is 2. The maximum absolute atomic E-state index is 13.1. The molecule has 1 aromatic heterocycles. The Morgan fingerprint density at radius 2 is 1.97 bits per heavy atom. The van der Waals surface area contributed by atoms with Crippen molar-refractivity contribution in [3.05, 3.63) is 75.8 Å². The molecule has 1 amide bonds. The lowest BCUT2D eigenvalue weighted by Gasteiger charge is -2.18. The molecule has 0 spiro atoms. The number of anilines is 1. The third kappa shape index (κ3) is 5.47. The fourth-order valence-electron chi connectivity index (χ4n) is 2.60. The van der Waals surface area contributed by atoms with Crippen LogP contribution in [0, 0.1) is 0 Å². The third-order valence-electron chi connectivity index (χ3n) is 3.92. The number of halogens is 5. The van der Waals surface area contributed by atoms with Crippen LogP contribution in [0.1, 0.15) is 23.0 Å². The Morgan fingerprint density at radius 1 is 1.17 bits per heavy atom. The second kappa shape index (κ2) is 8.81. The number of carbonyl (C=O) groups excluding carboxylic acids is 1. The number of amides is 1. The molecule has 3 N–H and O–H groups in total. The van der Waals surface area contributed by atoms with Crippen LogP contribution in [-0.4, -0.2) is 27.6 Å². The standard InChI is InChI=1S/C18H14Cl2F3N5O/c19-12-4-5-13(20)14(7-12)27-15(29)8-24-16(17-25-9-26-28-17)10-2-1-3-11(6-10)18(21,22)23/h1-7,9,16,24H,8H2,(H,27,29)(H,25,26,28)/t16-/m1/s1. The van der Waals surface area contributed by atoms with E-state index in [1.807, 2.05) is 0 Å². The number of hydrogen-bond donors (Lipinski definition) is 3. The Hall–Kier alpha value is -2.62. The van der Waals surface area contributed by atoms with Crippen molar-refractivity contribution >= 4 is 34.8 Å². The molecule has 11 heteroatoms. The Bertz CT molecular complexity index is 995. The van der Waals surface area contributed by atoms with Crippen LogP contribution in [0.5, 0.6) is 0 Å². The highest BCUT2D eigenvalue weighted by Gasteiger charge is 2.31. The topological polar surface area (TPSA) is 82.7 Å². The van der Waals surface area contributed by atoms with Crippen molar-refractivity contribution in [2.45, 2.75) is 12.2 Å². The molecule has 3 rings (SSSR count). The number of aromatic nitrogens is 3. The van der Waals surface area contributed by atoms with Gasteiger partial charge in [0, 0.05) is 5.02 Å². The van der Waals surface area contributed by atoms with E-state index >= 15 is 0 Å². The summed E-state index contributed by atoms with van der Waals surface area (Å²) in [6.07, 6.45) is -3.27. The first-order valence-electron chi connectivity index (χ1n) is 8.25. The van der Waals surface area contributed by atoms with Gasteiger partial charge in [-0.25, -0.2) is 4.98 Å². The van der Waals surface area contributed by atoms with E-state index in [9.17, 15) is 18.0 Å². The maximum atomic E-state index is 13.1. The van der Waals surface area contributed by atoms with Crippen LogP contribution < -0.4 is 10.6 Å². The number of benzene rings is 2. The van der Waals surface area contributed by atoms with Gasteiger partial charge in [-0.2, -0.15) is 18.3 Å². The molecule has 0 aliphatic heterocycles. The van der Waals surface area contributed by atoms with Crippen molar-refractivity contribution < 1.29 is 18.0 Å². The highest BCUT2D eigenvalue weighted by molar-refractivity contribution is 6.35. The molecule has 0 bridgehead atoms. The number of carbonyl (C=O) groups is 1. The van der Waals surface area contributed by atoms with Gasteiger partial charge >= 0.3 is 6.18 Å². The summed E-state index contributed by atoms with van der Waals surface area (Å²) in [6.45, 7) is -0.232. The van der Waals surface area contributed by atoms with E-state index in [0.29, 0.717) is 15.7 Å². The van der Waals surface area contributed by atoms with Gasteiger partial charge in [0.15, 0.2) is 0 Å². The average molecular weight is 444 g/mol. The first-order chi connectivity index (χ1) is 13.7. The largest absolute Gasteiger partial charge is 0.416 e. The molecule has 0 radical (unpaired) electrons. The van der Waals surface area contributed by atoms with Gasteiger partial charge in [0.2, 0.25) is 5.91 Å². The molecule has 0 unspecified atom stereocenters. The van der Waals surface area contributed by atoms with Gasteiger partial charge in [-0.1, -0.05) is 35.3 Å². The van der Waals surface area contributed by atoms with Gasteiger partial charge in [-0.05, 0) is 35.9 Å². The van der Waals surface area contributed by atoms with E-state index in [2.05, 4.69) is 25.8 Å². The van der Waals surface area contributed by atoms with Crippen LogP contribution in [0.25, 0.3) is 0 Å². The monoisotopic (exact) mass is 443 g/mol. The second-order valence-electron chi connectivity index (χ2n) is 5.98. The number of aromatic amines is 1. The fourth-order valence-corrected chi connectivity index (χ4v) is 2.94. The number of H-pyrrole nitrogens is 1. The van der Waals surface area contributed by atoms with Crippen molar-refractivity contribution in [2.75, 3.05) is 11.9 Å². The third-order valence-corrected chi connectivity index (χ3v) is 4.49. The molecule has 0 aliphatic rings. The summed E-state index contributed by atoms with van der Waals surface area (Å²) in [6, 6.07) is 8.53. The number of rotatable bonds is 6. The summed E-state index contributed by atoms with van der Waals surface area (Å²) in [4.78, 5) is 16.3. The summed E-state index contributed by atoms with van der Waals surface area (Å²) in [7, 11) is 0. The summed E-state index contributed by atoms with van der Waals surface area (Å²) in [5, 5.41) is 12.5. The SMILES string of the molecule is O=C(CN[C@H](c1cccc(C(F)(F)F)c1)c1ncn[nH]1)Nc1cc(Cl)ccc1Cl. The number of hydrogen-bond acceptors (Lipinski definition) is 4. The molecule has 6 nitrogen and oxygen atoms in total. The maximum Gasteiger partial charge on any atom is 0.416 e. The van der Waals surface area contributed by atoms with Gasteiger partial charge in [0.05, 0.1) is 28.9 Å². The predicted molar refractivity (Wildman–Crippen MR) is 103 cm³/mol. The molecule has 3 aromatic rings. The predicted octanol–water partition coefficient (Wildman–Crippen LogP) is 4.45. The second-order valence-corrected chi connectivity index (χ2v) is 6.82. The highest BCUT2D eigenvalue weighted by Crippen LogP contribution is 2.31. The molecule has 0 saturated heterocycles. The van der Waals surface area contributed by atoms with Crippen molar-refractivity contribution in [1.82, 2.24) is 20.5 Å². The fraction of sp³-hybridized carbons (Fsp3) is 0.167. The van der Waals surface area contributed by atoms with Crippen molar-refractivity contribution in [3.8, 4) is 0 Å². The van der Waals surface area contributed by atoms with Crippen molar-refractivity contribution in [1.29, 1.82) is 0 Å².